The molecule has 0 aromatic carbocycles. The summed E-state index contributed by atoms with van der Waals surface area (Å²) in [5, 5.41) is 27.1. The lowest BCUT2D eigenvalue weighted by Gasteiger charge is -2.33. The van der Waals surface area contributed by atoms with E-state index in [9.17, 15) is 9.59 Å². The minimum atomic E-state index is -1.53. The van der Waals surface area contributed by atoms with E-state index in [1.54, 1.807) is 0 Å². The van der Waals surface area contributed by atoms with Gasteiger partial charge in [-0.05, 0) is 6.92 Å². The van der Waals surface area contributed by atoms with E-state index in [1.807, 2.05) is 0 Å². The molecule has 6 heteroatoms. The Morgan fingerprint density at radius 3 is 1.73 bits per heavy atom. The number of ether oxygens (including phenoxy) is 1. The van der Waals surface area contributed by atoms with Crippen molar-refractivity contribution in [1.82, 2.24) is 0 Å². The van der Waals surface area contributed by atoms with Gasteiger partial charge >= 0.3 is 5.97 Å². The standard InChI is InChI=1S/C9H16O6/c1-6(13)8(15-7(2)14)9(3-10,4-11)5-12/h8,10-12H,3-5H2,1-2H3. The van der Waals surface area contributed by atoms with Gasteiger partial charge in [0.25, 0.3) is 0 Å². The van der Waals surface area contributed by atoms with Crippen LogP contribution in [-0.4, -0.2) is 53.0 Å². The normalized spacial score (nSPS) is 13.4. The van der Waals surface area contributed by atoms with Gasteiger partial charge in [-0.25, -0.2) is 0 Å². The van der Waals surface area contributed by atoms with Crippen LogP contribution < -0.4 is 0 Å². The van der Waals surface area contributed by atoms with Crippen LogP contribution >= 0.6 is 0 Å². The third-order valence-electron chi connectivity index (χ3n) is 2.15. The molecular weight excluding hydrogens is 204 g/mol. The fourth-order valence-corrected chi connectivity index (χ4v) is 1.20. The van der Waals surface area contributed by atoms with Crippen molar-refractivity contribution < 1.29 is 29.6 Å². The zero-order valence-electron chi connectivity index (χ0n) is 8.77. The van der Waals surface area contributed by atoms with E-state index in [2.05, 4.69) is 4.74 Å². The first-order valence-electron chi connectivity index (χ1n) is 4.43. The van der Waals surface area contributed by atoms with Gasteiger partial charge in [0.05, 0.1) is 25.2 Å². The van der Waals surface area contributed by atoms with Gasteiger partial charge in [-0.3, -0.25) is 9.59 Å². The van der Waals surface area contributed by atoms with Crippen molar-refractivity contribution >= 4 is 11.8 Å². The quantitative estimate of drug-likeness (QED) is 0.469. The van der Waals surface area contributed by atoms with Crippen molar-refractivity contribution in [3.8, 4) is 0 Å². The van der Waals surface area contributed by atoms with Gasteiger partial charge in [0.1, 0.15) is 0 Å². The molecule has 0 radical (unpaired) electrons. The fraction of sp³-hybridized carbons (Fsp3) is 0.778. The van der Waals surface area contributed by atoms with Crippen LogP contribution in [0.15, 0.2) is 0 Å². The smallest absolute Gasteiger partial charge is 0.303 e. The Balaban J connectivity index is 4.99. The summed E-state index contributed by atoms with van der Waals surface area (Å²) in [6.45, 7) is 0.294. The van der Waals surface area contributed by atoms with E-state index in [1.165, 1.54) is 0 Å². The molecule has 0 saturated carbocycles. The Morgan fingerprint density at radius 2 is 1.53 bits per heavy atom. The van der Waals surface area contributed by atoms with Crippen LogP contribution in [-0.2, 0) is 14.3 Å². The monoisotopic (exact) mass is 220 g/mol. The van der Waals surface area contributed by atoms with Crippen LogP contribution in [0.5, 0.6) is 0 Å². The summed E-state index contributed by atoms with van der Waals surface area (Å²) >= 11 is 0. The molecule has 1 atom stereocenters. The predicted molar refractivity (Wildman–Crippen MR) is 49.9 cm³/mol. The first-order valence-corrected chi connectivity index (χ1v) is 4.43. The highest BCUT2D eigenvalue weighted by molar-refractivity contribution is 5.84. The molecule has 1 unspecified atom stereocenters. The molecule has 6 nitrogen and oxygen atoms in total. The van der Waals surface area contributed by atoms with Crippen molar-refractivity contribution in [2.24, 2.45) is 5.41 Å². The number of Topliss-reactive ketones (excluding diaryl/α,β-unsaturated/α-hetero) is 1. The summed E-state index contributed by atoms with van der Waals surface area (Å²) in [6.07, 6.45) is -1.34. The topological polar surface area (TPSA) is 104 Å². The Kier molecular flexibility index (Phi) is 5.41. The number of hydrogen-bond donors (Lipinski definition) is 3. The third kappa shape index (κ3) is 3.26. The maximum atomic E-state index is 11.2. The average Bonchev–Trinajstić information content (AvgIpc) is 2.19. The van der Waals surface area contributed by atoms with Crippen LogP contribution in [0.2, 0.25) is 0 Å². The Morgan fingerprint density at radius 1 is 1.13 bits per heavy atom. The molecule has 0 aliphatic heterocycles. The van der Waals surface area contributed by atoms with Crippen LogP contribution in [0.25, 0.3) is 0 Å². The van der Waals surface area contributed by atoms with Gasteiger partial charge in [-0.1, -0.05) is 0 Å². The molecule has 3 N–H and O–H groups in total. The number of carbonyl (C=O) groups excluding carboxylic acids is 2. The van der Waals surface area contributed by atoms with Crippen molar-refractivity contribution in [3.05, 3.63) is 0 Å². The number of hydrogen-bond acceptors (Lipinski definition) is 6. The molecular formula is C9H16O6. The van der Waals surface area contributed by atoms with Crippen molar-refractivity contribution in [3.63, 3.8) is 0 Å². The van der Waals surface area contributed by atoms with Crippen LogP contribution in [0.1, 0.15) is 13.8 Å². The summed E-state index contributed by atoms with van der Waals surface area (Å²) in [5.74, 6) is -1.25. The van der Waals surface area contributed by atoms with Crippen molar-refractivity contribution in [2.75, 3.05) is 19.8 Å². The van der Waals surface area contributed by atoms with E-state index in [-0.39, 0.29) is 0 Å². The van der Waals surface area contributed by atoms with E-state index in [0.29, 0.717) is 0 Å². The van der Waals surface area contributed by atoms with E-state index in [0.717, 1.165) is 13.8 Å². The Hall–Kier alpha value is -0.980. The lowest BCUT2D eigenvalue weighted by Crippen LogP contribution is -2.50. The second-order valence-electron chi connectivity index (χ2n) is 3.44. The van der Waals surface area contributed by atoms with Gasteiger partial charge in [-0.2, -0.15) is 0 Å². The summed E-state index contributed by atoms with van der Waals surface area (Å²) < 4.78 is 4.68. The third-order valence-corrected chi connectivity index (χ3v) is 2.15. The van der Waals surface area contributed by atoms with Gasteiger partial charge in [0.15, 0.2) is 11.9 Å². The fourth-order valence-electron chi connectivity index (χ4n) is 1.20. The largest absolute Gasteiger partial charge is 0.454 e. The summed E-state index contributed by atoms with van der Waals surface area (Å²) in [5.41, 5.74) is -1.53. The van der Waals surface area contributed by atoms with E-state index < -0.39 is 43.1 Å². The molecule has 0 fully saturated rings. The Labute approximate surface area is 87.5 Å². The molecule has 88 valence electrons. The Bertz CT molecular complexity index is 224. The number of carbonyl (C=O) groups is 2. The van der Waals surface area contributed by atoms with Gasteiger partial charge in [0.2, 0.25) is 0 Å². The highest BCUT2D eigenvalue weighted by Crippen LogP contribution is 2.24. The lowest BCUT2D eigenvalue weighted by atomic mass is 9.82. The number of rotatable bonds is 6. The average molecular weight is 220 g/mol. The number of esters is 1. The number of ketones is 1. The highest BCUT2D eigenvalue weighted by atomic mass is 16.5. The van der Waals surface area contributed by atoms with E-state index >= 15 is 0 Å². The molecule has 0 spiro atoms. The molecule has 0 amide bonds. The molecule has 0 aliphatic carbocycles. The maximum absolute atomic E-state index is 11.2. The molecule has 0 rings (SSSR count). The zero-order valence-corrected chi connectivity index (χ0v) is 8.77. The molecule has 0 bridgehead atoms. The van der Waals surface area contributed by atoms with Crippen LogP contribution in [0.4, 0.5) is 0 Å². The number of aliphatic hydroxyl groups excluding tert-OH is 3. The number of aliphatic hydroxyl groups is 3. The molecule has 0 aliphatic rings. The van der Waals surface area contributed by atoms with Gasteiger partial charge in [0, 0.05) is 6.92 Å². The summed E-state index contributed by atoms with van der Waals surface area (Å²) in [4.78, 5) is 21.9. The minimum Gasteiger partial charge on any atom is -0.454 e. The van der Waals surface area contributed by atoms with Gasteiger partial charge < -0.3 is 20.1 Å². The second kappa shape index (κ2) is 5.79. The molecule has 0 aromatic rings. The lowest BCUT2D eigenvalue weighted by molar-refractivity contribution is -0.170. The minimum absolute atomic E-state index is 0.539. The van der Waals surface area contributed by atoms with Gasteiger partial charge in [-0.15, -0.1) is 0 Å². The molecule has 0 aromatic heterocycles. The SMILES string of the molecule is CC(=O)OC(C(C)=O)C(CO)(CO)CO. The van der Waals surface area contributed by atoms with Crippen LogP contribution in [0, 0.1) is 5.41 Å². The zero-order chi connectivity index (χ0) is 12.1. The maximum Gasteiger partial charge on any atom is 0.303 e. The molecule has 0 saturated heterocycles. The highest BCUT2D eigenvalue weighted by Gasteiger charge is 2.43. The first kappa shape index (κ1) is 14.0. The van der Waals surface area contributed by atoms with E-state index in [4.69, 9.17) is 15.3 Å². The summed E-state index contributed by atoms with van der Waals surface area (Å²) in [6, 6.07) is 0. The first-order chi connectivity index (χ1) is 6.93. The van der Waals surface area contributed by atoms with Crippen molar-refractivity contribution in [2.45, 2.75) is 20.0 Å². The molecule has 15 heavy (non-hydrogen) atoms. The summed E-state index contributed by atoms with van der Waals surface area (Å²) in [7, 11) is 0. The van der Waals surface area contributed by atoms with Crippen molar-refractivity contribution in [1.29, 1.82) is 0 Å². The second-order valence-corrected chi connectivity index (χ2v) is 3.44. The van der Waals surface area contributed by atoms with Crippen LogP contribution in [0.3, 0.4) is 0 Å². The molecule has 0 heterocycles. The predicted octanol–water partition coefficient (Wildman–Crippen LogP) is -1.53.